The minimum Gasteiger partial charge on any atom is -0.493 e. The number of hydrogen-bond acceptors (Lipinski definition) is 7. The van der Waals surface area contributed by atoms with Crippen molar-refractivity contribution in [3.63, 3.8) is 0 Å². The Morgan fingerprint density at radius 3 is 2.43 bits per heavy atom. The molecule has 2 heterocycles. The second-order valence-electron chi connectivity index (χ2n) is 7.72. The average molecular weight is 437 g/mol. The zero-order valence-corrected chi connectivity index (χ0v) is 19.1. The third-order valence-corrected chi connectivity index (χ3v) is 7.98. The molecule has 0 radical (unpaired) electrons. The van der Waals surface area contributed by atoms with Gasteiger partial charge in [0.05, 0.1) is 25.5 Å². The molecular formula is C21H32N4O4S. The van der Waals surface area contributed by atoms with E-state index in [9.17, 15) is 8.42 Å². The summed E-state index contributed by atoms with van der Waals surface area (Å²) in [6.45, 7) is 4.17. The van der Waals surface area contributed by atoms with Gasteiger partial charge in [0.2, 0.25) is 10.0 Å². The monoisotopic (exact) mass is 436 g/mol. The van der Waals surface area contributed by atoms with Crippen LogP contribution in [0.4, 0.5) is 5.82 Å². The van der Waals surface area contributed by atoms with Crippen molar-refractivity contribution in [2.24, 2.45) is 5.92 Å². The largest absolute Gasteiger partial charge is 0.493 e. The second kappa shape index (κ2) is 9.78. The van der Waals surface area contributed by atoms with Crippen molar-refractivity contribution in [1.29, 1.82) is 0 Å². The van der Waals surface area contributed by atoms with Crippen LogP contribution in [0.2, 0.25) is 0 Å². The number of methoxy groups -OCH3 is 2. The maximum absolute atomic E-state index is 12.1. The lowest BCUT2D eigenvalue weighted by molar-refractivity contribution is 0.355. The van der Waals surface area contributed by atoms with Gasteiger partial charge < -0.3 is 14.4 Å². The molecule has 1 saturated heterocycles. The Hall–Kier alpha value is -2.13. The van der Waals surface area contributed by atoms with E-state index in [1.807, 2.05) is 19.1 Å². The number of fused-ring (bicyclic) bond motifs is 1. The van der Waals surface area contributed by atoms with Crippen molar-refractivity contribution in [2.45, 2.75) is 32.6 Å². The minimum atomic E-state index is -3.12. The Bertz CT molecular complexity index is 959. The van der Waals surface area contributed by atoms with Gasteiger partial charge in [-0.2, -0.15) is 0 Å². The van der Waals surface area contributed by atoms with E-state index in [1.165, 1.54) is 4.31 Å². The van der Waals surface area contributed by atoms with Gasteiger partial charge in [-0.25, -0.2) is 22.7 Å². The molecule has 30 heavy (non-hydrogen) atoms. The first kappa shape index (κ1) is 22.6. The summed E-state index contributed by atoms with van der Waals surface area (Å²) in [7, 11) is 1.76. The Balaban J connectivity index is 1.63. The zero-order chi connectivity index (χ0) is 21.7. The first-order valence-electron chi connectivity index (χ1n) is 10.4. The molecule has 166 valence electrons. The maximum atomic E-state index is 12.1. The van der Waals surface area contributed by atoms with Crippen LogP contribution < -0.4 is 14.4 Å². The number of nitrogens with zero attached hydrogens (tertiary/aromatic N) is 4. The molecule has 1 aliphatic rings. The topological polar surface area (TPSA) is 84.9 Å². The number of aromatic nitrogens is 2. The number of piperidine rings is 1. The van der Waals surface area contributed by atoms with E-state index >= 15 is 0 Å². The molecule has 0 amide bonds. The van der Waals surface area contributed by atoms with Gasteiger partial charge in [0.25, 0.3) is 0 Å². The zero-order valence-electron chi connectivity index (χ0n) is 18.3. The number of ether oxygens (including phenoxy) is 2. The predicted molar refractivity (Wildman–Crippen MR) is 119 cm³/mol. The van der Waals surface area contributed by atoms with E-state index in [4.69, 9.17) is 9.47 Å². The van der Waals surface area contributed by atoms with Crippen LogP contribution in [0.25, 0.3) is 10.9 Å². The third-order valence-electron chi connectivity index (χ3n) is 5.97. The van der Waals surface area contributed by atoms with Gasteiger partial charge in [0.1, 0.15) is 12.1 Å². The van der Waals surface area contributed by atoms with Gasteiger partial charge in [-0.3, -0.25) is 0 Å². The van der Waals surface area contributed by atoms with Gasteiger partial charge >= 0.3 is 0 Å². The summed E-state index contributed by atoms with van der Waals surface area (Å²) < 4.78 is 36.6. The predicted octanol–water partition coefficient (Wildman–Crippen LogP) is 2.93. The summed E-state index contributed by atoms with van der Waals surface area (Å²) >= 11 is 0. The standard InChI is InChI=1S/C21H32N4O4S/c1-5-24(2)30(26,27)12-6-7-16-8-10-25(11-9-16)21-17-13-19(28-3)20(29-4)14-18(17)22-15-23-21/h13-16H,5-12H2,1-4H3. The third kappa shape index (κ3) is 4.95. The van der Waals surface area contributed by atoms with E-state index < -0.39 is 10.0 Å². The summed E-state index contributed by atoms with van der Waals surface area (Å²) in [5.41, 5.74) is 0.824. The lowest BCUT2D eigenvalue weighted by Gasteiger charge is -2.33. The van der Waals surface area contributed by atoms with Gasteiger partial charge in [-0.05, 0) is 37.7 Å². The van der Waals surface area contributed by atoms with Crippen LogP contribution in [0.15, 0.2) is 18.5 Å². The lowest BCUT2D eigenvalue weighted by atomic mass is 9.92. The molecule has 9 heteroatoms. The summed E-state index contributed by atoms with van der Waals surface area (Å²) in [5.74, 6) is 3.00. The number of rotatable bonds is 9. The molecule has 0 bridgehead atoms. The average Bonchev–Trinajstić information content (AvgIpc) is 2.77. The van der Waals surface area contributed by atoms with Crippen LogP contribution in [-0.4, -0.2) is 69.3 Å². The summed E-state index contributed by atoms with van der Waals surface area (Å²) in [4.78, 5) is 11.2. The van der Waals surface area contributed by atoms with Crippen LogP contribution >= 0.6 is 0 Å². The summed E-state index contributed by atoms with van der Waals surface area (Å²) in [6, 6.07) is 3.81. The highest BCUT2D eigenvalue weighted by atomic mass is 32.2. The fraction of sp³-hybridized carbons (Fsp3) is 0.619. The minimum absolute atomic E-state index is 0.232. The summed E-state index contributed by atoms with van der Waals surface area (Å²) in [6.07, 6.45) is 5.31. The summed E-state index contributed by atoms with van der Waals surface area (Å²) in [5, 5.41) is 0.947. The van der Waals surface area contributed by atoms with Gasteiger partial charge in [-0.15, -0.1) is 0 Å². The van der Waals surface area contributed by atoms with Crippen LogP contribution in [0.5, 0.6) is 11.5 Å². The van der Waals surface area contributed by atoms with Crippen LogP contribution in [0, 0.1) is 5.92 Å². The quantitative estimate of drug-likeness (QED) is 0.597. The molecule has 8 nitrogen and oxygen atoms in total. The fourth-order valence-corrected chi connectivity index (χ4v) is 5.20. The van der Waals surface area contributed by atoms with E-state index in [0.29, 0.717) is 30.4 Å². The van der Waals surface area contributed by atoms with Gasteiger partial charge in [-0.1, -0.05) is 6.92 Å². The number of benzene rings is 1. The van der Waals surface area contributed by atoms with E-state index in [2.05, 4.69) is 14.9 Å². The number of sulfonamides is 1. The lowest BCUT2D eigenvalue weighted by Crippen LogP contribution is -2.35. The highest BCUT2D eigenvalue weighted by Gasteiger charge is 2.23. The van der Waals surface area contributed by atoms with Crippen LogP contribution in [0.3, 0.4) is 0 Å². The Labute approximate surface area is 179 Å². The van der Waals surface area contributed by atoms with Crippen molar-refractivity contribution in [3.8, 4) is 11.5 Å². The molecular weight excluding hydrogens is 404 g/mol. The second-order valence-corrected chi connectivity index (χ2v) is 9.92. The van der Waals surface area contributed by atoms with Crippen LogP contribution in [0.1, 0.15) is 32.6 Å². The van der Waals surface area contributed by atoms with Crippen molar-refractivity contribution < 1.29 is 17.9 Å². The van der Waals surface area contributed by atoms with Crippen molar-refractivity contribution >= 4 is 26.7 Å². The Morgan fingerprint density at radius 1 is 1.13 bits per heavy atom. The Morgan fingerprint density at radius 2 is 1.80 bits per heavy atom. The molecule has 3 rings (SSSR count). The fourth-order valence-electron chi connectivity index (χ4n) is 3.96. The van der Waals surface area contributed by atoms with E-state index in [1.54, 1.807) is 27.6 Å². The molecule has 0 atom stereocenters. The van der Waals surface area contributed by atoms with E-state index in [0.717, 1.165) is 49.1 Å². The normalized spacial score (nSPS) is 15.7. The smallest absolute Gasteiger partial charge is 0.213 e. The number of anilines is 1. The van der Waals surface area contributed by atoms with Crippen molar-refractivity contribution in [3.05, 3.63) is 18.5 Å². The number of hydrogen-bond donors (Lipinski definition) is 0. The first-order chi connectivity index (χ1) is 14.4. The van der Waals surface area contributed by atoms with Crippen molar-refractivity contribution in [1.82, 2.24) is 14.3 Å². The SMILES string of the molecule is CCN(C)S(=O)(=O)CCCC1CCN(c2ncnc3cc(OC)c(OC)cc23)CC1. The van der Waals surface area contributed by atoms with Gasteiger partial charge in [0, 0.05) is 38.1 Å². The molecule has 0 aliphatic carbocycles. The van der Waals surface area contributed by atoms with Crippen molar-refractivity contribution in [2.75, 3.05) is 51.6 Å². The van der Waals surface area contributed by atoms with Gasteiger partial charge in [0.15, 0.2) is 11.5 Å². The highest BCUT2D eigenvalue weighted by molar-refractivity contribution is 7.89. The first-order valence-corrected chi connectivity index (χ1v) is 12.1. The highest BCUT2D eigenvalue weighted by Crippen LogP contribution is 2.36. The molecule has 0 N–H and O–H groups in total. The van der Waals surface area contributed by atoms with E-state index in [-0.39, 0.29) is 5.75 Å². The molecule has 1 aromatic heterocycles. The molecule has 0 spiro atoms. The molecule has 1 aliphatic heterocycles. The maximum Gasteiger partial charge on any atom is 0.213 e. The molecule has 2 aromatic rings. The Kier molecular flexibility index (Phi) is 7.36. The molecule has 0 unspecified atom stereocenters. The molecule has 1 fully saturated rings. The molecule has 1 aromatic carbocycles. The van der Waals surface area contributed by atoms with Crippen LogP contribution in [-0.2, 0) is 10.0 Å². The molecule has 0 saturated carbocycles.